The van der Waals surface area contributed by atoms with E-state index in [0.717, 1.165) is 19.3 Å². The minimum Gasteiger partial charge on any atom is -0.748 e. The fourth-order valence-corrected chi connectivity index (χ4v) is 3.83. The predicted molar refractivity (Wildman–Crippen MR) is 95.5 cm³/mol. The zero-order valence-electron chi connectivity index (χ0n) is 16.1. The minimum absolute atomic E-state index is 0. The molecule has 140 valence electrons. The summed E-state index contributed by atoms with van der Waals surface area (Å²) in [5.74, 6) is 0. The summed E-state index contributed by atoms with van der Waals surface area (Å²) < 4.78 is 32.9. The van der Waals surface area contributed by atoms with Crippen molar-refractivity contribution in [2.24, 2.45) is 0 Å². The van der Waals surface area contributed by atoms with Gasteiger partial charge in [-0.05, 0) is 25.7 Å². The number of aliphatic hydroxyl groups is 1. The maximum atomic E-state index is 11.0. The van der Waals surface area contributed by atoms with E-state index in [-0.39, 0.29) is 35.7 Å². The Morgan fingerprint density at radius 3 is 1.67 bits per heavy atom. The molecule has 6 heteroatoms. The number of unbranched alkanes of at least 4 members (excludes halogenated alkanes) is 8. The van der Waals surface area contributed by atoms with Crippen LogP contribution in [0.15, 0.2) is 0 Å². The Morgan fingerprint density at radius 2 is 1.21 bits per heavy atom. The van der Waals surface area contributed by atoms with Crippen LogP contribution in [0.3, 0.4) is 0 Å². The number of hydrogen-bond acceptors (Lipinski definition) is 4. The summed E-state index contributed by atoms with van der Waals surface area (Å²) in [7, 11) is -4.16. The van der Waals surface area contributed by atoms with Crippen LogP contribution in [0, 0.1) is 0 Å². The maximum absolute atomic E-state index is 11.0. The van der Waals surface area contributed by atoms with Gasteiger partial charge in [0.25, 0.3) is 0 Å². The molecular formula is C18H37NaO4S. The molecule has 0 spiro atoms. The Bertz CT molecular complexity index is 360. The first-order valence-corrected chi connectivity index (χ1v) is 11.0. The number of rotatable bonds is 16. The van der Waals surface area contributed by atoms with E-state index >= 15 is 0 Å². The SMILES string of the molecule is CCCCCCCCCCC(O)CCCCC(CC)S(=O)(=O)[O-].[Na+]. The predicted octanol–water partition coefficient (Wildman–Crippen LogP) is 1.77. The molecule has 0 aromatic rings. The second-order valence-electron chi connectivity index (χ2n) is 6.72. The van der Waals surface area contributed by atoms with Crippen LogP contribution in [0.25, 0.3) is 0 Å². The molecule has 0 saturated heterocycles. The molecule has 0 amide bonds. The van der Waals surface area contributed by atoms with Crippen LogP contribution in [-0.2, 0) is 10.1 Å². The molecule has 0 saturated carbocycles. The molecule has 0 heterocycles. The standard InChI is InChI=1S/C18H38O4S.Na/c1-3-5-6-7-8-9-10-11-14-17(19)15-12-13-16-18(4-2)23(20,21)22;/h17-19H,3-16H2,1-2H3,(H,20,21,22);/q;+1/p-1. The molecule has 0 aromatic heterocycles. The summed E-state index contributed by atoms with van der Waals surface area (Å²) >= 11 is 0. The number of hydrogen-bond donors (Lipinski definition) is 1. The fraction of sp³-hybridized carbons (Fsp3) is 1.00. The van der Waals surface area contributed by atoms with Gasteiger partial charge in [-0.25, -0.2) is 8.42 Å². The van der Waals surface area contributed by atoms with Gasteiger partial charge in [0.05, 0.1) is 16.2 Å². The molecule has 0 rings (SSSR count). The first-order valence-electron chi connectivity index (χ1n) is 9.54. The van der Waals surface area contributed by atoms with Crippen LogP contribution >= 0.6 is 0 Å². The van der Waals surface area contributed by atoms with Gasteiger partial charge in [-0.3, -0.25) is 0 Å². The van der Waals surface area contributed by atoms with E-state index in [2.05, 4.69) is 6.92 Å². The monoisotopic (exact) mass is 372 g/mol. The normalized spacial score (nSPS) is 14.2. The van der Waals surface area contributed by atoms with Crippen molar-refractivity contribution in [1.29, 1.82) is 0 Å². The molecule has 2 unspecified atom stereocenters. The van der Waals surface area contributed by atoms with Crippen LogP contribution in [0.2, 0.25) is 0 Å². The van der Waals surface area contributed by atoms with Gasteiger partial charge in [-0.15, -0.1) is 0 Å². The van der Waals surface area contributed by atoms with Crippen LogP contribution < -0.4 is 29.6 Å². The van der Waals surface area contributed by atoms with Crippen molar-refractivity contribution < 1.29 is 47.6 Å². The Labute approximate surface area is 172 Å². The van der Waals surface area contributed by atoms with Crippen LogP contribution in [0.5, 0.6) is 0 Å². The van der Waals surface area contributed by atoms with Crippen molar-refractivity contribution in [1.82, 2.24) is 0 Å². The molecule has 0 radical (unpaired) electrons. The van der Waals surface area contributed by atoms with Crippen molar-refractivity contribution in [2.75, 3.05) is 0 Å². The van der Waals surface area contributed by atoms with E-state index in [1.807, 2.05) is 0 Å². The third-order valence-electron chi connectivity index (χ3n) is 4.57. The molecule has 2 atom stereocenters. The molecule has 0 aliphatic heterocycles. The van der Waals surface area contributed by atoms with Gasteiger partial charge in [-0.1, -0.05) is 78.1 Å². The largest absolute Gasteiger partial charge is 1.00 e. The third-order valence-corrected chi connectivity index (χ3v) is 5.95. The summed E-state index contributed by atoms with van der Waals surface area (Å²) in [4.78, 5) is 0. The van der Waals surface area contributed by atoms with Crippen molar-refractivity contribution in [2.45, 2.75) is 115 Å². The molecular weight excluding hydrogens is 335 g/mol. The van der Waals surface area contributed by atoms with E-state index in [9.17, 15) is 18.1 Å². The van der Waals surface area contributed by atoms with E-state index in [1.165, 1.54) is 44.9 Å². The first-order chi connectivity index (χ1) is 10.9. The molecule has 4 nitrogen and oxygen atoms in total. The fourth-order valence-electron chi connectivity index (χ4n) is 2.96. The molecule has 0 aromatic carbocycles. The summed E-state index contributed by atoms with van der Waals surface area (Å²) in [5.41, 5.74) is 0. The quantitative estimate of drug-likeness (QED) is 0.254. The van der Waals surface area contributed by atoms with E-state index < -0.39 is 15.4 Å². The zero-order chi connectivity index (χ0) is 17.6. The van der Waals surface area contributed by atoms with Crippen molar-refractivity contribution >= 4 is 10.1 Å². The molecule has 0 aliphatic rings. The van der Waals surface area contributed by atoms with Gasteiger partial charge in [-0.2, -0.15) is 0 Å². The summed E-state index contributed by atoms with van der Waals surface area (Å²) in [6.45, 7) is 3.96. The van der Waals surface area contributed by atoms with E-state index in [0.29, 0.717) is 25.7 Å². The maximum Gasteiger partial charge on any atom is 1.00 e. The van der Waals surface area contributed by atoms with Crippen LogP contribution in [-0.4, -0.2) is 29.4 Å². The van der Waals surface area contributed by atoms with Crippen molar-refractivity contribution in [3.8, 4) is 0 Å². The molecule has 0 aliphatic carbocycles. The average Bonchev–Trinajstić information content (AvgIpc) is 2.48. The Hall–Kier alpha value is 0.870. The molecule has 0 fully saturated rings. The topological polar surface area (TPSA) is 77.4 Å². The Balaban J connectivity index is 0. The second-order valence-corrected chi connectivity index (χ2v) is 8.38. The van der Waals surface area contributed by atoms with Gasteiger partial charge in [0.2, 0.25) is 0 Å². The van der Waals surface area contributed by atoms with Crippen molar-refractivity contribution in [3.05, 3.63) is 0 Å². The average molecular weight is 373 g/mol. The summed E-state index contributed by atoms with van der Waals surface area (Å²) in [6.07, 6.45) is 13.7. The Morgan fingerprint density at radius 1 is 0.792 bits per heavy atom. The number of aliphatic hydroxyl groups excluding tert-OH is 1. The summed E-state index contributed by atoms with van der Waals surface area (Å²) in [6, 6.07) is 0. The van der Waals surface area contributed by atoms with Gasteiger partial charge >= 0.3 is 29.6 Å². The van der Waals surface area contributed by atoms with Gasteiger partial charge in [0.1, 0.15) is 0 Å². The van der Waals surface area contributed by atoms with Crippen LogP contribution in [0.4, 0.5) is 0 Å². The van der Waals surface area contributed by atoms with Gasteiger partial charge < -0.3 is 9.66 Å². The zero-order valence-corrected chi connectivity index (χ0v) is 19.0. The van der Waals surface area contributed by atoms with E-state index in [1.54, 1.807) is 6.92 Å². The third kappa shape index (κ3) is 16.3. The van der Waals surface area contributed by atoms with E-state index in [4.69, 9.17) is 0 Å². The van der Waals surface area contributed by atoms with Gasteiger partial charge in [0.15, 0.2) is 0 Å². The molecule has 1 N–H and O–H groups in total. The minimum atomic E-state index is -4.16. The smallest absolute Gasteiger partial charge is 0.748 e. The van der Waals surface area contributed by atoms with Crippen LogP contribution in [0.1, 0.15) is 104 Å². The van der Waals surface area contributed by atoms with Crippen molar-refractivity contribution in [3.63, 3.8) is 0 Å². The molecule has 24 heavy (non-hydrogen) atoms. The second kappa shape index (κ2) is 17.3. The first kappa shape index (κ1) is 27.1. The van der Waals surface area contributed by atoms with Gasteiger partial charge in [0, 0.05) is 5.25 Å². The Kier molecular flexibility index (Phi) is 19.5. The molecule has 0 bridgehead atoms. The summed E-state index contributed by atoms with van der Waals surface area (Å²) in [5, 5.41) is 9.17.